The van der Waals surface area contributed by atoms with Crippen LogP contribution in [0.5, 0.6) is 0 Å². The van der Waals surface area contributed by atoms with Gasteiger partial charge in [-0.05, 0) is 44.0 Å². The van der Waals surface area contributed by atoms with Gasteiger partial charge in [0.05, 0.1) is 0 Å². The molecule has 0 radical (unpaired) electrons. The molecule has 0 aromatic carbocycles. The molecule has 0 aliphatic carbocycles. The highest BCUT2D eigenvalue weighted by molar-refractivity contribution is 5.41. The van der Waals surface area contributed by atoms with E-state index in [-0.39, 0.29) is 5.65 Å². The molecule has 4 nitrogen and oxygen atoms in total. The number of nitrogens with zero attached hydrogens (tertiary/aromatic N) is 2. The van der Waals surface area contributed by atoms with E-state index in [4.69, 9.17) is 0 Å². The van der Waals surface area contributed by atoms with Crippen LogP contribution in [0.4, 0.5) is 13.2 Å². The van der Waals surface area contributed by atoms with E-state index in [1.165, 1.54) is 18.2 Å². The van der Waals surface area contributed by atoms with Crippen LogP contribution in [0.1, 0.15) is 17.8 Å². The van der Waals surface area contributed by atoms with Gasteiger partial charge in [0.2, 0.25) is 0 Å². The van der Waals surface area contributed by atoms with Crippen LogP contribution in [0.15, 0.2) is 29.1 Å². The maximum Gasteiger partial charge on any atom is 0.431 e. The van der Waals surface area contributed by atoms with E-state index in [9.17, 15) is 18.0 Å². The molecule has 1 atom stereocenters. The lowest BCUT2D eigenvalue weighted by molar-refractivity contribution is -0.142. The monoisotopic (exact) mass is 297 g/mol. The molecule has 0 saturated carbocycles. The zero-order chi connectivity index (χ0) is 15.0. The zero-order valence-electron chi connectivity index (χ0n) is 11.2. The number of pyridine rings is 1. The SMILES string of the molecule is O=c1cc(CC2CCNC2)nc2cccc(C(F)(F)F)n12. The minimum absolute atomic E-state index is 0.0401. The second kappa shape index (κ2) is 5.14. The molecule has 0 amide bonds. The fourth-order valence-electron chi connectivity index (χ4n) is 2.71. The van der Waals surface area contributed by atoms with Gasteiger partial charge in [0, 0.05) is 11.8 Å². The second-order valence-corrected chi connectivity index (χ2v) is 5.25. The third kappa shape index (κ3) is 2.78. The molecule has 2 aromatic rings. The summed E-state index contributed by atoms with van der Waals surface area (Å²) in [5, 5.41) is 3.21. The molecule has 2 aromatic heterocycles. The van der Waals surface area contributed by atoms with Crippen LogP contribution in [0, 0.1) is 5.92 Å². The molecular weight excluding hydrogens is 283 g/mol. The number of alkyl halides is 3. The van der Waals surface area contributed by atoms with Gasteiger partial charge in [-0.25, -0.2) is 4.98 Å². The Bertz CT molecular complexity index is 717. The van der Waals surface area contributed by atoms with Crippen LogP contribution in [0.3, 0.4) is 0 Å². The Kier molecular flexibility index (Phi) is 3.44. The minimum atomic E-state index is -4.58. The number of nitrogens with one attached hydrogen (secondary N) is 1. The summed E-state index contributed by atoms with van der Waals surface area (Å²) in [5.74, 6) is 0.380. The number of hydrogen-bond acceptors (Lipinski definition) is 3. The predicted molar refractivity (Wildman–Crippen MR) is 71.1 cm³/mol. The third-order valence-electron chi connectivity index (χ3n) is 3.69. The van der Waals surface area contributed by atoms with Crippen molar-refractivity contribution in [3.63, 3.8) is 0 Å². The summed E-state index contributed by atoms with van der Waals surface area (Å²) in [6.45, 7) is 1.78. The standard InChI is InChI=1S/C14H14F3N3O/c15-14(16,17)11-2-1-3-12-19-10(7-13(21)20(11)12)6-9-4-5-18-8-9/h1-3,7,9,18H,4-6,8H2. The molecule has 1 N–H and O–H groups in total. The Morgan fingerprint density at radius 2 is 2.19 bits per heavy atom. The lowest BCUT2D eigenvalue weighted by atomic mass is 10.0. The molecule has 112 valence electrons. The summed E-state index contributed by atoms with van der Waals surface area (Å²) >= 11 is 0. The second-order valence-electron chi connectivity index (χ2n) is 5.25. The molecule has 0 bridgehead atoms. The highest BCUT2D eigenvalue weighted by Crippen LogP contribution is 2.28. The van der Waals surface area contributed by atoms with Gasteiger partial charge in [-0.15, -0.1) is 0 Å². The minimum Gasteiger partial charge on any atom is -0.316 e. The quantitative estimate of drug-likeness (QED) is 0.920. The largest absolute Gasteiger partial charge is 0.431 e. The van der Waals surface area contributed by atoms with Crippen molar-refractivity contribution in [1.29, 1.82) is 0 Å². The molecule has 7 heteroatoms. The van der Waals surface area contributed by atoms with Crippen LogP contribution in [0.2, 0.25) is 0 Å². The van der Waals surface area contributed by atoms with Gasteiger partial charge in [-0.2, -0.15) is 13.2 Å². The molecule has 1 fully saturated rings. The Morgan fingerprint density at radius 3 is 2.86 bits per heavy atom. The number of aromatic nitrogens is 2. The van der Waals surface area contributed by atoms with E-state index >= 15 is 0 Å². The van der Waals surface area contributed by atoms with Crippen LogP contribution < -0.4 is 10.9 Å². The summed E-state index contributed by atoms with van der Waals surface area (Å²) in [6.07, 6.45) is -2.99. The van der Waals surface area contributed by atoms with Gasteiger partial charge in [0.1, 0.15) is 11.3 Å². The third-order valence-corrected chi connectivity index (χ3v) is 3.69. The molecule has 0 spiro atoms. The fourth-order valence-corrected chi connectivity index (χ4v) is 2.71. The van der Waals surface area contributed by atoms with Crippen molar-refractivity contribution < 1.29 is 13.2 Å². The van der Waals surface area contributed by atoms with Crippen LogP contribution in [-0.4, -0.2) is 22.5 Å². The average molecular weight is 297 g/mol. The summed E-state index contributed by atoms with van der Waals surface area (Å²) in [4.78, 5) is 16.3. The topological polar surface area (TPSA) is 46.4 Å². The number of rotatable bonds is 2. The molecular formula is C14H14F3N3O. The molecule has 1 aliphatic rings. The number of fused-ring (bicyclic) bond motifs is 1. The fraction of sp³-hybridized carbons (Fsp3) is 0.429. The molecule has 1 aliphatic heterocycles. The van der Waals surface area contributed by atoms with Gasteiger partial charge in [-0.3, -0.25) is 9.20 Å². The molecule has 21 heavy (non-hydrogen) atoms. The van der Waals surface area contributed by atoms with E-state index in [0.717, 1.165) is 25.6 Å². The Morgan fingerprint density at radius 1 is 1.38 bits per heavy atom. The molecule has 1 saturated heterocycles. The molecule has 3 heterocycles. The first-order chi connectivity index (χ1) is 9.95. The highest BCUT2D eigenvalue weighted by Gasteiger charge is 2.34. The summed E-state index contributed by atoms with van der Waals surface area (Å²) in [6, 6.07) is 4.79. The van der Waals surface area contributed by atoms with E-state index in [0.29, 0.717) is 22.4 Å². The van der Waals surface area contributed by atoms with Crippen molar-refractivity contribution in [3.05, 3.63) is 46.0 Å². The van der Waals surface area contributed by atoms with Crippen molar-refractivity contribution in [2.75, 3.05) is 13.1 Å². The first kappa shape index (κ1) is 14.1. The van der Waals surface area contributed by atoms with Gasteiger partial charge < -0.3 is 5.32 Å². The molecule has 1 unspecified atom stereocenters. The van der Waals surface area contributed by atoms with Crippen molar-refractivity contribution in [3.8, 4) is 0 Å². The Labute approximate surface area is 118 Å². The van der Waals surface area contributed by atoms with Crippen LogP contribution in [-0.2, 0) is 12.6 Å². The van der Waals surface area contributed by atoms with E-state index in [1.54, 1.807) is 0 Å². The lowest BCUT2D eigenvalue weighted by Crippen LogP contribution is -2.24. The maximum atomic E-state index is 12.9. The first-order valence-corrected chi connectivity index (χ1v) is 6.75. The Balaban J connectivity index is 2.07. The van der Waals surface area contributed by atoms with Crippen molar-refractivity contribution in [2.45, 2.75) is 19.0 Å². The van der Waals surface area contributed by atoms with E-state index in [1.807, 2.05) is 0 Å². The summed E-state index contributed by atoms with van der Waals surface area (Å²) in [7, 11) is 0. The highest BCUT2D eigenvalue weighted by atomic mass is 19.4. The van der Waals surface area contributed by atoms with Gasteiger partial charge in [0.15, 0.2) is 0 Å². The Hall–Kier alpha value is -1.89. The van der Waals surface area contributed by atoms with Gasteiger partial charge >= 0.3 is 6.18 Å². The summed E-state index contributed by atoms with van der Waals surface area (Å²) < 4.78 is 39.4. The van der Waals surface area contributed by atoms with Crippen molar-refractivity contribution in [1.82, 2.24) is 14.7 Å². The van der Waals surface area contributed by atoms with E-state index in [2.05, 4.69) is 10.3 Å². The van der Waals surface area contributed by atoms with Crippen LogP contribution in [0.25, 0.3) is 5.65 Å². The van der Waals surface area contributed by atoms with Gasteiger partial charge in [0.25, 0.3) is 5.56 Å². The number of halogens is 3. The smallest absolute Gasteiger partial charge is 0.316 e. The van der Waals surface area contributed by atoms with Crippen LogP contribution >= 0.6 is 0 Å². The van der Waals surface area contributed by atoms with E-state index < -0.39 is 17.4 Å². The predicted octanol–water partition coefficient (Wildman–Crippen LogP) is 1.87. The summed E-state index contributed by atoms with van der Waals surface area (Å²) in [5.41, 5.74) is -1.09. The van der Waals surface area contributed by atoms with Gasteiger partial charge in [-0.1, -0.05) is 6.07 Å². The lowest BCUT2D eigenvalue weighted by Gasteiger charge is -2.13. The average Bonchev–Trinajstić information content (AvgIpc) is 2.89. The normalized spacial score (nSPS) is 19.3. The maximum absolute atomic E-state index is 12.9. The number of hydrogen-bond donors (Lipinski definition) is 1. The first-order valence-electron chi connectivity index (χ1n) is 6.75. The molecule has 3 rings (SSSR count). The van der Waals surface area contributed by atoms with Crippen molar-refractivity contribution in [2.24, 2.45) is 5.92 Å². The zero-order valence-corrected chi connectivity index (χ0v) is 11.2. The van der Waals surface area contributed by atoms with Crippen molar-refractivity contribution >= 4 is 5.65 Å².